The third-order valence-corrected chi connectivity index (χ3v) is 5.50. The summed E-state index contributed by atoms with van der Waals surface area (Å²) in [5.74, 6) is 0.742. The highest BCUT2D eigenvalue weighted by Gasteiger charge is 2.10. The van der Waals surface area contributed by atoms with Gasteiger partial charge in [0.25, 0.3) is 0 Å². The average Bonchev–Trinajstić information content (AvgIpc) is 2.67. The van der Waals surface area contributed by atoms with Gasteiger partial charge in [-0.05, 0) is 80.6 Å². The first kappa shape index (κ1) is 20.4. The SMILES string of the molecule is Cc1ccc(COc2c(Br)cc(/C=C(\C#N)c3ccc(C)cc3)cc2Br)cc1. The maximum Gasteiger partial charge on any atom is 0.148 e. The van der Waals surface area contributed by atoms with Crippen molar-refractivity contribution in [2.24, 2.45) is 0 Å². The molecule has 0 spiro atoms. The third kappa shape index (κ3) is 5.13. The van der Waals surface area contributed by atoms with Gasteiger partial charge in [0.05, 0.1) is 20.6 Å². The number of aryl methyl sites for hydroxylation is 2. The number of ether oxygens (including phenoxy) is 1. The van der Waals surface area contributed by atoms with Crippen LogP contribution in [-0.4, -0.2) is 0 Å². The fourth-order valence-corrected chi connectivity index (χ4v) is 4.17. The van der Waals surface area contributed by atoms with Gasteiger partial charge in [0, 0.05) is 0 Å². The fraction of sp³-hybridized carbons (Fsp3) is 0.125. The number of nitriles is 1. The highest BCUT2D eigenvalue weighted by molar-refractivity contribution is 9.11. The number of hydrogen-bond donors (Lipinski definition) is 0. The van der Waals surface area contributed by atoms with Crippen LogP contribution in [0.3, 0.4) is 0 Å². The van der Waals surface area contributed by atoms with Crippen molar-refractivity contribution in [3.63, 3.8) is 0 Å². The monoisotopic (exact) mass is 495 g/mol. The second-order valence-electron chi connectivity index (χ2n) is 6.62. The summed E-state index contributed by atoms with van der Waals surface area (Å²) in [7, 11) is 0. The van der Waals surface area contributed by atoms with Crippen molar-refractivity contribution < 1.29 is 4.74 Å². The molecule has 0 unspecified atom stereocenters. The quantitative estimate of drug-likeness (QED) is 0.271. The van der Waals surface area contributed by atoms with Crippen LogP contribution in [0.2, 0.25) is 0 Å². The second kappa shape index (κ2) is 9.23. The molecule has 0 aromatic heterocycles. The zero-order chi connectivity index (χ0) is 20.1. The Morgan fingerprint density at radius 3 is 2.00 bits per heavy atom. The average molecular weight is 497 g/mol. The van der Waals surface area contributed by atoms with Crippen molar-refractivity contribution >= 4 is 43.5 Å². The van der Waals surface area contributed by atoms with Gasteiger partial charge in [0.2, 0.25) is 0 Å². The van der Waals surface area contributed by atoms with E-state index in [-0.39, 0.29) is 0 Å². The summed E-state index contributed by atoms with van der Waals surface area (Å²) in [6, 6.07) is 22.4. The molecule has 0 bridgehead atoms. The summed E-state index contributed by atoms with van der Waals surface area (Å²) in [5, 5.41) is 9.57. The number of halogens is 2. The van der Waals surface area contributed by atoms with Crippen LogP contribution in [0.25, 0.3) is 11.6 Å². The predicted molar refractivity (Wildman–Crippen MR) is 122 cm³/mol. The van der Waals surface area contributed by atoms with E-state index in [1.165, 1.54) is 11.1 Å². The summed E-state index contributed by atoms with van der Waals surface area (Å²) >= 11 is 7.19. The number of hydrogen-bond acceptors (Lipinski definition) is 2. The van der Waals surface area contributed by atoms with Crippen molar-refractivity contribution in [1.82, 2.24) is 0 Å². The molecule has 0 heterocycles. The van der Waals surface area contributed by atoms with Crippen LogP contribution in [0.15, 0.2) is 69.6 Å². The van der Waals surface area contributed by atoms with Crippen molar-refractivity contribution in [2.75, 3.05) is 0 Å². The Morgan fingerprint density at radius 2 is 1.46 bits per heavy atom. The van der Waals surface area contributed by atoms with Crippen LogP contribution in [0, 0.1) is 25.2 Å². The molecule has 140 valence electrons. The molecule has 0 fully saturated rings. The molecule has 0 radical (unpaired) electrons. The van der Waals surface area contributed by atoms with Gasteiger partial charge in [0.1, 0.15) is 12.4 Å². The minimum Gasteiger partial charge on any atom is -0.487 e. The van der Waals surface area contributed by atoms with Crippen molar-refractivity contribution in [2.45, 2.75) is 20.5 Å². The van der Waals surface area contributed by atoms with Gasteiger partial charge >= 0.3 is 0 Å². The van der Waals surface area contributed by atoms with E-state index in [4.69, 9.17) is 4.74 Å². The van der Waals surface area contributed by atoms with E-state index in [9.17, 15) is 5.26 Å². The highest BCUT2D eigenvalue weighted by atomic mass is 79.9. The molecule has 4 heteroatoms. The smallest absolute Gasteiger partial charge is 0.148 e. The van der Waals surface area contributed by atoms with Crippen LogP contribution in [0.1, 0.15) is 27.8 Å². The minimum atomic E-state index is 0.486. The Bertz CT molecular complexity index is 1020. The molecular weight excluding hydrogens is 478 g/mol. The van der Waals surface area contributed by atoms with Gasteiger partial charge in [-0.1, -0.05) is 59.7 Å². The molecule has 0 atom stereocenters. The topological polar surface area (TPSA) is 33.0 Å². The zero-order valence-electron chi connectivity index (χ0n) is 15.7. The second-order valence-corrected chi connectivity index (χ2v) is 8.33. The molecule has 0 saturated carbocycles. The standard InChI is InChI=1S/C24H19Br2NO/c1-16-3-7-18(8-4-16)15-28-24-22(25)12-19(13-23(24)26)11-21(14-27)20-9-5-17(2)6-10-20/h3-13H,15H2,1-2H3/b21-11+. The van der Waals surface area contributed by atoms with Crippen molar-refractivity contribution in [3.05, 3.63) is 97.4 Å². The van der Waals surface area contributed by atoms with E-state index >= 15 is 0 Å². The van der Waals surface area contributed by atoms with Gasteiger partial charge in [-0.3, -0.25) is 0 Å². The number of nitrogens with zero attached hydrogens (tertiary/aromatic N) is 1. The third-order valence-electron chi connectivity index (χ3n) is 4.32. The molecule has 2 nitrogen and oxygen atoms in total. The van der Waals surface area contributed by atoms with Gasteiger partial charge in [0.15, 0.2) is 0 Å². The molecule has 0 N–H and O–H groups in total. The molecule has 0 saturated heterocycles. The lowest BCUT2D eigenvalue weighted by Gasteiger charge is -2.12. The molecule has 0 amide bonds. The van der Waals surface area contributed by atoms with Crippen molar-refractivity contribution in [3.8, 4) is 11.8 Å². The maximum absolute atomic E-state index is 9.57. The Hall–Kier alpha value is -2.35. The van der Waals surface area contributed by atoms with Gasteiger partial charge in [-0.15, -0.1) is 0 Å². The number of benzene rings is 3. The zero-order valence-corrected chi connectivity index (χ0v) is 18.8. The Labute approximate surface area is 182 Å². The highest BCUT2D eigenvalue weighted by Crippen LogP contribution is 2.36. The van der Waals surface area contributed by atoms with Gasteiger partial charge in [-0.25, -0.2) is 0 Å². The summed E-state index contributed by atoms with van der Waals surface area (Å²) in [5.41, 5.74) is 5.94. The lowest BCUT2D eigenvalue weighted by molar-refractivity contribution is 0.302. The van der Waals surface area contributed by atoms with E-state index in [2.05, 4.69) is 69.1 Å². The number of rotatable bonds is 5. The first-order valence-corrected chi connectivity index (χ1v) is 10.4. The lowest BCUT2D eigenvalue weighted by atomic mass is 10.0. The van der Waals surface area contributed by atoms with E-state index in [1.807, 2.05) is 49.4 Å². The fourth-order valence-electron chi connectivity index (χ4n) is 2.72. The summed E-state index contributed by atoms with van der Waals surface area (Å²) in [4.78, 5) is 0. The minimum absolute atomic E-state index is 0.486. The molecule has 0 aliphatic carbocycles. The molecule has 0 aliphatic rings. The first-order valence-electron chi connectivity index (χ1n) is 8.82. The molecule has 28 heavy (non-hydrogen) atoms. The van der Waals surface area contributed by atoms with Crippen LogP contribution in [-0.2, 0) is 6.61 Å². The van der Waals surface area contributed by atoms with Gasteiger partial charge in [-0.2, -0.15) is 5.26 Å². The Kier molecular flexibility index (Phi) is 6.72. The van der Waals surface area contributed by atoms with E-state index in [1.54, 1.807) is 0 Å². The molecule has 3 rings (SSSR count). The molecule has 3 aromatic carbocycles. The molecule has 0 aliphatic heterocycles. The van der Waals surface area contributed by atoms with Gasteiger partial charge < -0.3 is 4.74 Å². The molecule has 3 aromatic rings. The van der Waals surface area contributed by atoms with Crippen LogP contribution in [0.5, 0.6) is 5.75 Å². The van der Waals surface area contributed by atoms with Crippen molar-refractivity contribution in [1.29, 1.82) is 5.26 Å². The Morgan fingerprint density at radius 1 is 0.929 bits per heavy atom. The maximum atomic E-state index is 9.57. The summed E-state index contributed by atoms with van der Waals surface area (Å²) in [6.07, 6.45) is 1.88. The molecular formula is C24H19Br2NO. The summed E-state index contributed by atoms with van der Waals surface area (Å²) in [6.45, 7) is 4.58. The van der Waals surface area contributed by atoms with E-state index in [0.717, 1.165) is 31.4 Å². The first-order chi connectivity index (χ1) is 13.5. The van der Waals surface area contributed by atoms with Crippen LogP contribution in [0.4, 0.5) is 0 Å². The van der Waals surface area contributed by atoms with Crippen LogP contribution < -0.4 is 4.74 Å². The predicted octanol–water partition coefficient (Wildman–Crippen LogP) is 7.47. The van der Waals surface area contributed by atoms with Crippen LogP contribution >= 0.6 is 31.9 Å². The van der Waals surface area contributed by atoms with E-state index < -0.39 is 0 Å². The Balaban J connectivity index is 1.83. The number of allylic oxidation sites excluding steroid dienone is 1. The lowest BCUT2D eigenvalue weighted by Crippen LogP contribution is -1.97. The largest absolute Gasteiger partial charge is 0.487 e. The van der Waals surface area contributed by atoms with E-state index in [0.29, 0.717) is 12.2 Å². The summed E-state index contributed by atoms with van der Waals surface area (Å²) < 4.78 is 7.67. The normalized spacial score (nSPS) is 11.2.